The van der Waals surface area contributed by atoms with Crippen molar-refractivity contribution in [2.45, 2.75) is 25.3 Å². The number of hydrogen-bond donors (Lipinski definition) is 1. The molecule has 1 saturated heterocycles. The highest BCUT2D eigenvalue weighted by atomic mass is 16.5. The third kappa shape index (κ3) is 3.35. The second-order valence-corrected chi connectivity index (χ2v) is 6.92. The standard InChI is InChI=1S/C21H20N4O3/c1-21(17-7-5-16-11-18(28-2)8-6-15(16)10-17)19(26)25(20(27)24-21)13-14(12-23)4-3-9-22/h5-8,10-11,14H,3-4,13H2,1-2H3,(H,24,27)/t14-,21-/m0/s1. The molecule has 1 aliphatic rings. The molecule has 1 fully saturated rings. The lowest BCUT2D eigenvalue weighted by Gasteiger charge is -2.23. The predicted molar refractivity (Wildman–Crippen MR) is 102 cm³/mol. The highest BCUT2D eigenvalue weighted by Gasteiger charge is 2.49. The first kappa shape index (κ1) is 19.2. The van der Waals surface area contributed by atoms with E-state index in [2.05, 4.69) is 11.4 Å². The van der Waals surface area contributed by atoms with E-state index in [-0.39, 0.29) is 13.0 Å². The van der Waals surface area contributed by atoms with Crippen molar-refractivity contribution in [1.29, 1.82) is 10.5 Å². The normalized spacial score (nSPS) is 19.8. The molecule has 0 unspecified atom stereocenters. The van der Waals surface area contributed by atoms with E-state index < -0.39 is 23.4 Å². The fourth-order valence-corrected chi connectivity index (χ4v) is 3.38. The van der Waals surface area contributed by atoms with Crippen LogP contribution in [0.25, 0.3) is 10.8 Å². The molecular formula is C21H20N4O3. The number of imide groups is 1. The number of ether oxygens (including phenoxy) is 1. The molecule has 0 aliphatic carbocycles. The smallest absolute Gasteiger partial charge is 0.325 e. The molecule has 1 aliphatic heterocycles. The van der Waals surface area contributed by atoms with Gasteiger partial charge < -0.3 is 10.1 Å². The number of hydrogen-bond acceptors (Lipinski definition) is 5. The first-order valence-corrected chi connectivity index (χ1v) is 8.92. The van der Waals surface area contributed by atoms with Crippen molar-refractivity contribution in [3.63, 3.8) is 0 Å². The van der Waals surface area contributed by atoms with Crippen LogP contribution in [0, 0.1) is 28.6 Å². The maximum Gasteiger partial charge on any atom is 0.325 e. The summed E-state index contributed by atoms with van der Waals surface area (Å²) >= 11 is 0. The van der Waals surface area contributed by atoms with E-state index in [1.807, 2.05) is 36.4 Å². The largest absolute Gasteiger partial charge is 0.497 e. The lowest BCUT2D eigenvalue weighted by atomic mass is 9.90. The van der Waals surface area contributed by atoms with E-state index in [1.165, 1.54) is 0 Å². The Hall–Kier alpha value is -3.58. The number of fused-ring (bicyclic) bond motifs is 1. The fraction of sp³-hybridized carbons (Fsp3) is 0.333. The van der Waals surface area contributed by atoms with Gasteiger partial charge in [-0.2, -0.15) is 10.5 Å². The first-order valence-electron chi connectivity index (χ1n) is 8.92. The third-order valence-electron chi connectivity index (χ3n) is 5.09. The van der Waals surface area contributed by atoms with Gasteiger partial charge >= 0.3 is 6.03 Å². The Labute approximate surface area is 163 Å². The molecule has 1 N–H and O–H groups in total. The minimum atomic E-state index is -1.21. The van der Waals surface area contributed by atoms with Crippen molar-refractivity contribution < 1.29 is 14.3 Å². The van der Waals surface area contributed by atoms with E-state index >= 15 is 0 Å². The summed E-state index contributed by atoms with van der Waals surface area (Å²) in [6.45, 7) is 1.64. The number of urea groups is 1. The van der Waals surface area contributed by atoms with Crippen molar-refractivity contribution in [3.05, 3.63) is 42.0 Å². The molecule has 28 heavy (non-hydrogen) atoms. The van der Waals surface area contributed by atoms with Gasteiger partial charge in [-0.1, -0.05) is 18.2 Å². The quantitative estimate of drug-likeness (QED) is 0.780. The average Bonchev–Trinajstić information content (AvgIpc) is 2.93. The maximum absolute atomic E-state index is 13.0. The summed E-state index contributed by atoms with van der Waals surface area (Å²) in [5, 5.41) is 22.6. The Bertz CT molecular complexity index is 1020. The summed E-state index contributed by atoms with van der Waals surface area (Å²) in [7, 11) is 1.60. The second kappa shape index (κ2) is 7.58. The lowest BCUT2D eigenvalue weighted by Crippen LogP contribution is -2.41. The summed E-state index contributed by atoms with van der Waals surface area (Å²) in [5.41, 5.74) is -0.544. The average molecular weight is 376 g/mol. The van der Waals surface area contributed by atoms with Crippen LogP contribution >= 0.6 is 0 Å². The molecule has 2 atom stereocenters. The van der Waals surface area contributed by atoms with E-state index in [0.717, 1.165) is 21.4 Å². The van der Waals surface area contributed by atoms with Gasteiger partial charge in [-0.15, -0.1) is 0 Å². The highest BCUT2D eigenvalue weighted by molar-refractivity contribution is 6.07. The topological polar surface area (TPSA) is 106 Å². The number of benzene rings is 2. The summed E-state index contributed by atoms with van der Waals surface area (Å²) in [6, 6.07) is 14.7. The van der Waals surface area contributed by atoms with Crippen LogP contribution in [0.3, 0.4) is 0 Å². The summed E-state index contributed by atoms with van der Waals surface area (Å²) < 4.78 is 5.23. The summed E-state index contributed by atoms with van der Waals surface area (Å²) in [6.07, 6.45) is 0.520. The van der Waals surface area contributed by atoms with E-state index in [9.17, 15) is 14.9 Å². The number of amides is 3. The molecule has 142 valence electrons. The number of nitrogens with one attached hydrogen (secondary N) is 1. The van der Waals surface area contributed by atoms with Gasteiger partial charge in [-0.3, -0.25) is 9.69 Å². The van der Waals surface area contributed by atoms with Gasteiger partial charge in [0.05, 0.1) is 25.2 Å². The van der Waals surface area contributed by atoms with Gasteiger partial charge in [0.2, 0.25) is 0 Å². The van der Waals surface area contributed by atoms with Crippen LogP contribution in [0.4, 0.5) is 4.79 Å². The molecular weight excluding hydrogens is 356 g/mol. The number of nitrogens with zero attached hydrogens (tertiary/aromatic N) is 3. The molecule has 0 aromatic heterocycles. The number of methoxy groups -OCH3 is 1. The molecule has 3 amide bonds. The summed E-state index contributed by atoms with van der Waals surface area (Å²) in [4.78, 5) is 26.6. The molecule has 7 heteroatoms. The highest BCUT2D eigenvalue weighted by Crippen LogP contribution is 2.32. The van der Waals surface area contributed by atoms with Crippen LogP contribution in [-0.4, -0.2) is 30.5 Å². The minimum absolute atomic E-state index is 0.0246. The molecule has 0 bridgehead atoms. The van der Waals surface area contributed by atoms with Crippen molar-refractivity contribution in [2.24, 2.45) is 5.92 Å². The third-order valence-corrected chi connectivity index (χ3v) is 5.09. The molecule has 0 radical (unpaired) electrons. The Kier molecular flexibility index (Phi) is 5.19. The van der Waals surface area contributed by atoms with Crippen LogP contribution in [0.2, 0.25) is 0 Å². The number of nitriles is 2. The van der Waals surface area contributed by atoms with Gasteiger partial charge in [-0.05, 0) is 47.9 Å². The number of carbonyl (C=O) groups is 2. The van der Waals surface area contributed by atoms with Crippen LogP contribution in [0.15, 0.2) is 36.4 Å². The maximum atomic E-state index is 13.0. The van der Waals surface area contributed by atoms with Gasteiger partial charge in [0, 0.05) is 13.0 Å². The zero-order valence-electron chi connectivity index (χ0n) is 15.7. The molecule has 3 rings (SSSR count). The van der Waals surface area contributed by atoms with Crippen molar-refractivity contribution >= 4 is 22.7 Å². The van der Waals surface area contributed by atoms with Crippen LogP contribution < -0.4 is 10.1 Å². The monoisotopic (exact) mass is 376 g/mol. The van der Waals surface area contributed by atoms with Gasteiger partial charge in [-0.25, -0.2) is 4.79 Å². The van der Waals surface area contributed by atoms with E-state index in [0.29, 0.717) is 12.0 Å². The first-order chi connectivity index (χ1) is 13.4. The zero-order valence-corrected chi connectivity index (χ0v) is 15.7. The molecule has 2 aromatic carbocycles. The molecule has 1 heterocycles. The number of carbonyl (C=O) groups excluding carboxylic acids is 2. The van der Waals surface area contributed by atoms with Gasteiger partial charge in [0.1, 0.15) is 11.3 Å². The van der Waals surface area contributed by atoms with Gasteiger partial charge in [0.15, 0.2) is 0 Å². The van der Waals surface area contributed by atoms with E-state index in [1.54, 1.807) is 20.1 Å². The minimum Gasteiger partial charge on any atom is -0.497 e. The van der Waals surface area contributed by atoms with Gasteiger partial charge in [0.25, 0.3) is 5.91 Å². The van der Waals surface area contributed by atoms with Crippen LogP contribution in [0.1, 0.15) is 25.3 Å². The van der Waals surface area contributed by atoms with Crippen molar-refractivity contribution in [3.8, 4) is 17.9 Å². The Morgan fingerprint density at radius 2 is 1.89 bits per heavy atom. The fourth-order valence-electron chi connectivity index (χ4n) is 3.38. The molecule has 0 saturated carbocycles. The second-order valence-electron chi connectivity index (χ2n) is 6.92. The zero-order chi connectivity index (χ0) is 20.3. The predicted octanol–water partition coefficient (Wildman–Crippen LogP) is 3.06. The summed E-state index contributed by atoms with van der Waals surface area (Å²) in [5.74, 6) is -0.230. The van der Waals surface area contributed by atoms with Crippen molar-refractivity contribution in [2.75, 3.05) is 13.7 Å². The molecule has 2 aromatic rings. The Morgan fingerprint density at radius 3 is 2.57 bits per heavy atom. The Morgan fingerprint density at radius 1 is 1.18 bits per heavy atom. The van der Waals surface area contributed by atoms with Crippen LogP contribution in [-0.2, 0) is 10.3 Å². The SMILES string of the molecule is COc1ccc2cc([C@]3(C)NC(=O)N(C[C@H](C#N)CCC#N)C3=O)ccc2c1. The van der Waals surface area contributed by atoms with Crippen molar-refractivity contribution in [1.82, 2.24) is 10.2 Å². The lowest BCUT2D eigenvalue weighted by molar-refractivity contribution is -0.131. The van der Waals surface area contributed by atoms with E-state index in [4.69, 9.17) is 10.00 Å². The number of rotatable bonds is 6. The molecule has 0 spiro atoms. The van der Waals surface area contributed by atoms with Crippen LogP contribution in [0.5, 0.6) is 5.75 Å². The Balaban J connectivity index is 1.89. The molecule has 7 nitrogen and oxygen atoms in total.